The minimum atomic E-state index is 0.687. The van der Waals surface area contributed by atoms with Gasteiger partial charge in [-0.2, -0.15) is 0 Å². The Morgan fingerprint density at radius 1 is 0.704 bits per heavy atom. The van der Waals surface area contributed by atoms with E-state index in [0.717, 1.165) is 39.5 Å². The fraction of sp³-hybridized carbons (Fsp3) is 0.0909. The highest BCUT2D eigenvalue weighted by Crippen LogP contribution is 2.31. The molecule has 0 fully saturated rings. The SMILES string of the molecule is COc1ccc(-c2nc3ccccc3nc2Nc2cccc(OC)c2)cc1. The summed E-state index contributed by atoms with van der Waals surface area (Å²) in [6.07, 6.45) is 0. The number of hydrogen-bond acceptors (Lipinski definition) is 5. The number of methoxy groups -OCH3 is 2. The van der Waals surface area contributed by atoms with Crippen LogP contribution in [-0.2, 0) is 0 Å². The molecular weight excluding hydrogens is 338 g/mol. The highest BCUT2D eigenvalue weighted by molar-refractivity contribution is 5.84. The van der Waals surface area contributed by atoms with E-state index in [1.807, 2.05) is 72.8 Å². The maximum Gasteiger partial charge on any atom is 0.157 e. The van der Waals surface area contributed by atoms with Gasteiger partial charge in [-0.1, -0.05) is 18.2 Å². The first-order valence-corrected chi connectivity index (χ1v) is 8.59. The van der Waals surface area contributed by atoms with E-state index in [1.54, 1.807) is 14.2 Å². The fourth-order valence-corrected chi connectivity index (χ4v) is 2.87. The highest BCUT2D eigenvalue weighted by atomic mass is 16.5. The highest BCUT2D eigenvalue weighted by Gasteiger charge is 2.12. The van der Waals surface area contributed by atoms with Crippen LogP contribution in [0.4, 0.5) is 11.5 Å². The second-order valence-corrected chi connectivity index (χ2v) is 5.99. The van der Waals surface area contributed by atoms with Crippen molar-refractivity contribution in [3.05, 3.63) is 72.8 Å². The first-order chi connectivity index (χ1) is 13.3. The molecule has 4 rings (SSSR count). The van der Waals surface area contributed by atoms with Gasteiger partial charge in [0.1, 0.15) is 17.2 Å². The predicted molar refractivity (Wildman–Crippen MR) is 108 cm³/mol. The van der Waals surface area contributed by atoms with Crippen molar-refractivity contribution >= 4 is 22.5 Å². The molecule has 1 aromatic heterocycles. The molecule has 0 unspecified atom stereocenters. The molecule has 0 saturated carbocycles. The lowest BCUT2D eigenvalue weighted by atomic mass is 10.1. The molecule has 5 heteroatoms. The summed E-state index contributed by atoms with van der Waals surface area (Å²) in [4.78, 5) is 9.64. The third-order valence-corrected chi connectivity index (χ3v) is 4.27. The Morgan fingerprint density at radius 3 is 2.11 bits per heavy atom. The van der Waals surface area contributed by atoms with Crippen molar-refractivity contribution in [1.29, 1.82) is 0 Å². The van der Waals surface area contributed by atoms with Gasteiger partial charge in [0.2, 0.25) is 0 Å². The zero-order valence-electron chi connectivity index (χ0n) is 15.1. The topological polar surface area (TPSA) is 56.3 Å². The maximum atomic E-state index is 5.31. The Morgan fingerprint density at radius 2 is 1.41 bits per heavy atom. The van der Waals surface area contributed by atoms with E-state index >= 15 is 0 Å². The third-order valence-electron chi connectivity index (χ3n) is 4.27. The molecule has 3 aromatic carbocycles. The molecule has 27 heavy (non-hydrogen) atoms. The van der Waals surface area contributed by atoms with Gasteiger partial charge in [0, 0.05) is 17.3 Å². The number of hydrogen-bond donors (Lipinski definition) is 1. The van der Waals surface area contributed by atoms with E-state index in [9.17, 15) is 0 Å². The summed E-state index contributed by atoms with van der Waals surface area (Å²) in [6, 6.07) is 23.4. The summed E-state index contributed by atoms with van der Waals surface area (Å²) < 4.78 is 10.6. The van der Waals surface area contributed by atoms with Crippen molar-refractivity contribution in [1.82, 2.24) is 9.97 Å². The van der Waals surface area contributed by atoms with Crippen LogP contribution in [0.15, 0.2) is 72.8 Å². The Labute approximate surface area is 157 Å². The number of aromatic nitrogens is 2. The minimum Gasteiger partial charge on any atom is -0.497 e. The summed E-state index contributed by atoms with van der Waals surface area (Å²) in [7, 11) is 3.30. The van der Waals surface area contributed by atoms with Crippen molar-refractivity contribution in [2.45, 2.75) is 0 Å². The van der Waals surface area contributed by atoms with E-state index in [2.05, 4.69) is 5.32 Å². The molecule has 0 atom stereocenters. The number of nitrogens with zero attached hydrogens (tertiary/aromatic N) is 2. The first kappa shape index (κ1) is 16.8. The largest absolute Gasteiger partial charge is 0.497 e. The number of para-hydroxylation sites is 2. The lowest BCUT2D eigenvalue weighted by molar-refractivity contribution is 0.415. The Bertz CT molecular complexity index is 1080. The average molecular weight is 357 g/mol. The Balaban J connectivity index is 1.83. The lowest BCUT2D eigenvalue weighted by Gasteiger charge is -2.13. The zero-order valence-corrected chi connectivity index (χ0v) is 15.1. The number of nitrogens with one attached hydrogen (secondary N) is 1. The quantitative estimate of drug-likeness (QED) is 0.541. The molecule has 0 amide bonds. The molecule has 0 spiro atoms. The number of fused-ring (bicyclic) bond motifs is 1. The molecule has 134 valence electrons. The van der Waals surface area contributed by atoms with Crippen molar-refractivity contribution in [3.8, 4) is 22.8 Å². The van der Waals surface area contributed by atoms with Crippen molar-refractivity contribution in [2.75, 3.05) is 19.5 Å². The van der Waals surface area contributed by atoms with Crippen LogP contribution in [0.1, 0.15) is 0 Å². The number of anilines is 2. The molecule has 0 aliphatic rings. The molecule has 1 N–H and O–H groups in total. The van der Waals surface area contributed by atoms with Gasteiger partial charge in [0.15, 0.2) is 5.82 Å². The monoisotopic (exact) mass is 357 g/mol. The van der Waals surface area contributed by atoms with Crippen LogP contribution in [0.2, 0.25) is 0 Å². The summed E-state index contributed by atoms with van der Waals surface area (Å²) in [5.41, 5.74) is 4.30. The zero-order chi connectivity index (χ0) is 18.6. The summed E-state index contributed by atoms with van der Waals surface area (Å²) in [5.74, 6) is 2.27. The van der Waals surface area contributed by atoms with Gasteiger partial charge in [-0.3, -0.25) is 0 Å². The van der Waals surface area contributed by atoms with Crippen LogP contribution in [0.25, 0.3) is 22.3 Å². The first-order valence-electron chi connectivity index (χ1n) is 8.59. The molecule has 0 aliphatic carbocycles. The third kappa shape index (κ3) is 3.53. The van der Waals surface area contributed by atoms with Crippen LogP contribution < -0.4 is 14.8 Å². The second kappa shape index (κ2) is 7.33. The number of ether oxygens (including phenoxy) is 2. The molecule has 4 aromatic rings. The molecule has 5 nitrogen and oxygen atoms in total. The fourth-order valence-electron chi connectivity index (χ4n) is 2.87. The van der Waals surface area contributed by atoms with Crippen LogP contribution >= 0.6 is 0 Å². The lowest BCUT2D eigenvalue weighted by Crippen LogP contribution is -2.00. The van der Waals surface area contributed by atoms with Crippen LogP contribution in [0.3, 0.4) is 0 Å². The molecular formula is C22H19N3O2. The van der Waals surface area contributed by atoms with Gasteiger partial charge in [0.25, 0.3) is 0 Å². The summed E-state index contributed by atoms with van der Waals surface area (Å²) >= 11 is 0. The Kier molecular flexibility index (Phi) is 4.58. The van der Waals surface area contributed by atoms with Gasteiger partial charge < -0.3 is 14.8 Å². The molecule has 1 heterocycles. The van der Waals surface area contributed by atoms with E-state index in [4.69, 9.17) is 19.4 Å². The van der Waals surface area contributed by atoms with E-state index in [-0.39, 0.29) is 0 Å². The number of rotatable bonds is 5. The van der Waals surface area contributed by atoms with Gasteiger partial charge in [-0.15, -0.1) is 0 Å². The standard InChI is InChI=1S/C22H19N3O2/c1-26-17-12-10-15(11-13-17)21-22(23-16-6-5-7-18(14-16)27-2)25-20-9-4-3-8-19(20)24-21/h3-14H,1-2H3,(H,23,25). The molecule has 0 aliphatic heterocycles. The number of benzene rings is 3. The van der Waals surface area contributed by atoms with Crippen molar-refractivity contribution in [2.24, 2.45) is 0 Å². The van der Waals surface area contributed by atoms with Crippen molar-refractivity contribution in [3.63, 3.8) is 0 Å². The van der Waals surface area contributed by atoms with E-state index < -0.39 is 0 Å². The predicted octanol–water partition coefficient (Wildman–Crippen LogP) is 5.06. The average Bonchev–Trinajstić information content (AvgIpc) is 2.73. The van der Waals surface area contributed by atoms with Crippen LogP contribution in [-0.4, -0.2) is 24.2 Å². The van der Waals surface area contributed by atoms with Crippen LogP contribution in [0.5, 0.6) is 11.5 Å². The second-order valence-electron chi connectivity index (χ2n) is 5.99. The summed E-state index contributed by atoms with van der Waals surface area (Å²) in [5, 5.41) is 3.38. The van der Waals surface area contributed by atoms with Gasteiger partial charge in [-0.25, -0.2) is 9.97 Å². The minimum absolute atomic E-state index is 0.687. The van der Waals surface area contributed by atoms with E-state index in [1.165, 1.54) is 0 Å². The normalized spacial score (nSPS) is 10.6. The maximum absolute atomic E-state index is 5.31. The van der Waals surface area contributed by atoms with Crippen LogP contribution in [0, 0.1) is 0 Å². The smallest absolute Gasteiger partial charge is 0.157 e. The van der Waals surface area contributed by atoms with Gasteiger partial charge in [0.05, 0.1) is 25.3 Å². The molecule has 0 saturated heterocycles. The van der Waals surface area contributed by atoms with Gasteiger partial charge in [-0.05, 0) is 48.5 Å². The molecule has 0 bridgehead atoms. The summed E-state index contributed by atoms with van der Waals surface area (Å²) in [6.45, 7) is 0. The van der Waals surface area contributed by atoms with Crippen molar-refractivity contribution < 1.29 is 9.47 Å². The Hall–Kier alpha value is -3.60. The van der Waals surface area contributed by atoms with E-state index in [0.29, 0.717) is 5.82 Å². The van der Waals surface area contributed by atoms with Gasteiger partial charge >= 0.3 is 0 Å². The molecule has 0 radical (unpaired) electrons.